The Morgan fingerprint density at radius 3 is 2.39 bits per heavy atom. The Hall–Kier alpha value is -0.690. The Morgan fingerprint density at radius 1 is 0.870 bits per heavy atom. The van der Waals surface area contributed by atoms with Gasteiger partial charge < -0.3 is 19.1 Å². The number of carbonyl (C=O) groups excluding carboxylic acids is 1. The summed E-state index contributed by atoms with van der Waals surface area (Å²) in [6.07, 6.45) is 4.65. The summed E-state index contributed by atoms with van der Waals surface area (Å²) < 4.78 is 17.0. The zero-order valence-corrected chi connectivity index (χ0v) is 13.8. The van der Waals surface area contributed by atoms with E-state index >= 15 is 0 Å². The average molecular weight is 324 g/mol. The first-order chi connectivity index (χ1) is 11.3. The number of carbonyl (C=O) groups is 1. The van der Waals surface area contributed by atoms with Crippen molar-refractivity contribution < 1.29 is 19.0 Å². The van der Waals surface area contributed by atoms with Crippen LogP contribution in [-0.4, -0.2) is 86.6 Å². The number of rotatable bonds is 3. The van der Waals surface area contributed by atoms with Crippen LogP contribution < -0.4 is 0 Å². The number of ether oxygens (including phenoxy) is 3. The Morgan fingerprint density at radius 2 is 1.65 bits per heavy atom. The molecule has 4 heterocycles. The standard InChI is InChI=1S/C17H28N2O4/c20-17(13-10-19(11-13)14-3-7-21-8-4-14)18-5-9-23-16(12-18)15-2-1-6-22-15/h13-16H,1-12H2. The Kier molecular flexibility index (Phi) is 4.85. The van der Waals surface area contributed by atoms with Crippen LogP contribution >= 0.6 is 0 Å². The molecule has 6 nitrogen and oxygen atoms in total. The number of nitrogens with zero attached hydrogens (tertiary/aromatic N) is 2. The maximum atomic E-state index is 12.7. The van der Waals surface area contributed by atoms with Gasteiger partial charge in [-0.05, 0) is 25.7 Å². The van der Waals surface area contributed by atoms with Gasteiger partial charge in [-0.25, -0.2) is 0 Å². The minimum atomic E-state index is 0.0712. The lowest BCUT2D eigenvalue weighted by atomic mass is 9.93. The molecule has 4 fully saturated rings. The molecular weight excluding hydrogens is 296 g/mol. The Bertz CT molecular complexity index is 415. The zero-order chi connectivity index (χ0) is 15.6. The van der Waals surface area contributed by atoms with E-state index in [4.69, 9.17) is 14.2 Å². The summed E-state index contributed by atoms with van der Waals surface area (Å²) in [6.45, 7) is 6.50. The molecule has 4 rings (SSSR count). The highest BCUT2D eigenvalue weighted by Crippen LogP contribution is 2.27. The zero-order valence-electron chi connectivity index (χ0n) is 13.8. The first-order valence-corrected chi connectivity index (χ1v) is 9.15. The second kappa shape index (κ2) is 7.05. The predicted molar refractivity (Wildman–Crippen MR) is 84.2 cm³/mol. The molecule has 2 atom stereocenters. The molecule has 4 aliphatic rings. The van der Waals surface area contributed by atoms with E-state index in [0.717, 1.165) is 65.1 Å². The third-order valence-electron chi connectivity index (χ3n) is 5.75. The van der Waals surface area contributed by atoms with E-state index in [1.807, 2.05) is 4.90 Å². The van der Waals surface area contributed by atoms with E-state index in [2.05, 4.69) is 4.90 Å². The van der Waals surface area contributed by atoms with Gasteiger partial charge in [0, 0.05) is 52.0 Å². The second-order valence-electron chi connectivity index (χ2n) is 7.24. The molecule has 4 saturated heterocycles. The van der Waals surface area contributed by atoms with Crippen molar-refractivity contribution in [3.63, 3.8) is 0 Å². The van der Waals surface area contributed by atoms with Crippen LogP contribution in [0, 0.1) is 5.92 Å². The minimum absolute atomic E-state index is 0.0712. The summed E-state index contributed by atoms with van der Waals surface area (Å²) in [7, 11) is 0. The molecular formula is C17H28N2O4. The second-order valence-corrected chi connectivity index (χ2v) is 7.24. The first-order valence-electron chi connectivity index (χ1n) is 9.15. The lowest BCUT2D eigenvalue weighted by Crippen LogP contribution is -2.60. The molecule has 0 spiro atoms. The van der Waals surface area contributed by atoms with Gasteiger partial charge in [0.2, 0.25) is 5.91 Å². The van der Waals surface area contributed by atoms with Gasteiger partial charge in [0.25, 0.3) is 0 Å². The SMILES string of the molecule is O=C(C1CN(C2CCOCC2)C1)N1CCOC(C2CCCO2)C1. The number of morpholine rings is 1. The van der Waals surface area contributed by atoms with Crippen molar-refractivity contribution in [2.24, 2.45) is 5.92 Å². The van der Waals surface area contributed by atoms with Gasteiger partial charge in [0.05, 0.1) is 18.6 Å². The van der Waals surface area contributed by atoms with Crippen LogP contribution in [0.25, 0.3) is 0 Å². The van der Waals surface area contributed by atoms with Crippen LogP contribution in [0.4, 0.5) is 0 Å². The fourth-order valence-electron chi connectivity index (χ4n) is 4.27. The Balaban J connectivity index is 1.26. The van der Waals surface area contributed by atoms with Crippen molar-refractivity contribution in [1.82, 2.24) is 9.80 Å². The van der Waals surface area contributed by atoms with Crippen LogP contribution in [-0.2, 0) is 19.0 Å². The van der Waals surface area contributed by atoms with E-state index in [1.54, 1.807) is 0 Å². The maximum Gasteiger partial charge on any atom is 0.228 e. The quantitative estimate of drug-likeness (QED) is 0.757. The van der Waals surface area contributed by atoms with Crippen molar-refractivity contribution in [2.75, 3.05) is 52.6 Å². The molecule has 1 amide bonds. The fourth-order valence-corrected chi connectivity index (χ4v) is 4.27. The molecule has 0 bridgehead atoms. The minimum Gasteiger partial charge on any atom is -0.381 e. The molecule has 23 heavy (non-hydrogen) atoms. The lowest BCUT2D eigenvalue weighted by Gasteiger charge is -2.47. The number of likely N-dealkylation sites (tertiary alicyclic amines) is 1. The monoisotopic (exact) mass is 324 g/mol. The van der Waals surface area contributed by atoms with Gasteiger partial charge in [-0.3, -0.25) is 9.69 Å². The molecule has 0 aromatic carbocycles. The molecule has 0 radical (unpaired) electrons. The molecule has 4 aliphatic heterocycles. The topological polar surface area (TPSA) is 51.2 Å². The highest BCUT2D eigenvalue weighted by atomic mass is 16.5. The first kappa shape index (κ1) is 15.8. The number of amides is 1. The van der Waals surface area contributed by atoms with Crippen molar-refractivity contribution in [3.05, 3.63) is 0 Å². The van der Waals surface area contributed by atoms with Crippen LogP contribution in [0.15, 0.2) is 0 Å². The van der Waals surface area contributed by atoms with E-state index in [0.29, 0.717) is 25.1 Å². The normalized spacial score (nSPS) is 34.5. The molecule has 0 aliphatic carbocycles. The highest BCUT2D eigenvalue weighted by molar-refractivity contribution is 5.80. The van der Waals surface area contributed by atoms with Crippen molar-refractivity contribution >= 4 is 5.91 Å². The number of hydrogen-bond acceptors (Lipinski definition) is 5. The summed E-state index contributed by atoms with van der Waals surface area (Å²) in [5, 5.41) is 0. The van der Waals surface area contributed by atoms with Crippen LogP contribution in [0.5, 0.6) is 0 Å². The van der Waals surface area contributed by atoms with Crippen LogP contribution in [0.3, 0.4) is 0 Å². The summed E-state index contributed by atoms with van der Waals surface area (Å²) in [5.74, 6) is 0.501. The summed E-state index contributed by atoms with van der Waals surface area (Å²) in [6, 6.07) is 0.622. The molecule has 2 unspecified atom stereocenters. The third kappa shape index (κ3) is 3.40. The van der Waals surface area contributed by atoms with Crippen LogP contribution in [0.1, 0.15) is 25.7 Å². The van der Waals surface area contributed by atoms with E-state index in [1.165, 1.54) is 0 Å². The predicted octanol–water partition coefficient (Wildman–Crippen LogP) is 0.504. The number of hydrogen-bond donors (Lipinski definition) is 0. The van der Waals surface area contributed by atoms with Gasteiger partial charge in [0.15, 0.2) is 0 Å². The van der Waals surface area contributed by atoms with Crippen molar-refractivity contribution in [3.8, 4) is 0 Å². The highest BCUT2D eigenvalue weighted by Gasteiger charge is 2.41. The summed E-state index contributed by atoms with van der Waals surface area (Å²) >= 11 is 0. The smallest absolute Gasteiger partial charge is 0.228 e. The van der Waals surface area contributed by atoms with E-state index < -0.39 is 0 Å². The largest absolute Gasteiger partial charge is 0.381 e. The molecule has 130 valence electrons. The average Bonchev–Trinajstić information content (AvgIpc) is 3.09. The van der Waals surface area contributed by atoms with Gasteiger partial charge in [-0.2, -0.15) is 0 Å². The van der Waals surface area contributed by atoms with Crippen molar-refractivity contribution in [1.29, 1.82) is 0 Å². The summed E-state index contributed by atoms with van der Waals surface area (Å²) in [4.78, 5) is 17.2. The van der Waals surface area contributed by atoms with E-state index in [9.17, 15) is 4.79 Å². The van der Waals surface area contributed by atoms with Gasteiger partial charge in [0.1, 0.15) is 6.10 Å². The summed E-state index contributed by atoms with van der Waals surface area (Å²) in [5.41, 5.74) is 0. The van der Waals surface area contributed by atoms with Gasteiger partial charge >= 0.3 is 0 Å². The molecule has 0 aromatic rings. The maximum absolute atomic E-state index is 12.7. The Labute approximate surface area is 138 Å². The van der Waals surface area contributed by atoms with Gasteiger partial charge in [-0.1, -0.05) is 0 Å². The third-order valence-corrected chi connectivity index (χ3v) is 5.75. The lowest BCUT2D eigenvalue weighted by molar-refractivity contribution is -0.155. The van der Waals surface area contributed by atoms with Crippen LogP contribution in [0.2, 0.25) is 0 Å². The van der Waals surface area contributed by atoms with Gasteiger partial charge in [-0.15, -0.1) is 0 Å². The molecule has 0 saturated carbocycles. The molecule has 0 aromatic heterocycles. The van der Waals surface area contributed by atoms with E-state index in [-0.39, 0.29) is 18.1 Å². The molecule has 0 N–H and O–H groups in total. The van der Waals surface area contributed by atoms with Crippen molar-refractivity contribution in [2.45, 2.75) is 43.9 Å². The molecule has 6 heteroatoms. The fraction of sp³-hybridized carbons (Fsp3) is 0.941.